The first-order valence-electron chi connectivity index (χ1n) is 11.8. The molecule has 0 spiro atoms. The Morgan fingerprint density at radius 1 is 1.00 bits per heavy atom. The van der Waals surface area contributed by atoms with Crippen LogP contribution in [0.2, 0.25) is 5.02 Å². The van der Waals surface area contributed by atoms with E-state index in [1.54, 1.807) is 54.6 Å². The lowest BCUT2D eigenvalue weighted by atomic mass is 10.0. The summed E-state index contributed by atoms with van der Waals surface area (Å²) in [5.74, 6) is -1.32. The van der Waals surface area contributed by atoms with E-state index in [1.165, 1.54) is 11.9 Å². The van der Waals surface area contributed by atoms with E-state index < -0.39 is 51.9 Å². The van der Waals surface area contributed by atoms with Gasteiger partial charge in [-0.05, 0) is 41.5 Å². The van der Waals surface area contributed by atoms with Gasteiger partial charge in [-0.2, -0.15) is 13.2 Å². The number of hydrogen-bond donors (Lipinski definition) is 1. The normalized spacial score (nSPS) is 12.5. The van der Waals surface area contributed by atoms with Gasteiger partial charge >= 0.3 is 6.18 Å². The van der Waals surface area contributed by atoms with Crippen LogP contribution in [0.3, 0.4) is 0 Å². The van der Waals surface area contributed by atoms with Crippen molar-refractivity contribution in [1.29, 1.82) is 0 Å². The van der Waals surface area contributed by atoms with Gasteiger partial charge in [0.25, 0.3) is 0 Å². The number of alkyl halides is 3. The number of halogens is 5. The first-order chi connectivity index (χ1) is 18.7. The molecule has 1 atom stereocenters. The summed E-state index contributed by atoms with van der Waals surface area (Å²) >= 11 is 9.51. The molecule has 13 heteroatoms. The van der Waals surface area contributed by atoms with Gasteiger partial charge in [-0.1, -0.05) is 70.0 Å². The predicted molar refractivity (Wildman–Crippen MR) is 151 cm³/mol. The topological polar surface area (TPSA) is 86.8 Å². The number of rotatable bonds is 10. The zero-order valence-electron chi connectivity index (χ0n) is 21.5. The number of likely N-dealkylation sites (N-methyl/N-ethyl adjacent to an activating group) is 1. The minimum absolute atomic E-state index is 0.0862. The fraction of sp³-hybridized carbons (Fsp3) is 0.259. The molecule has 0 saturated heterocycles. The van der Waals surface area contributed by atoms with Crippen LogP contribution in [0.15, 0.2) is 77.3 Å². The highest BCUT2D eigenvalue weighted by molar-refractivity contribution is 9.10. The maximum atomic E-state index is 13.9. The molecule has 214 valence electrons. The molecule has 3 aromatic rings. The Bertz CT molecular complexity index is 1470. The minimum atomic E-state index is -4.78. The number of carbonyl (C=O) groups is 2. The molecule has 0 aliphatic rings. The fourth-order valence-corrected chi connectivity index (χ4v) is 5.60. The van der Waals surface area contributed by atoms with Crippen molar-refractivity contribution in [3.63, 3.8) is 0 Å². The summed E-state index contributed by atoms with van der Waals surface area (Å²) in [6.45, 7) is -0.979. The Morgan fingerprint density at radius 3 is 2.23 bits per heavy atom. The fourth-order valence-electron chi connectivity index (χ4n) is 4.03. The van der Waals surface area contributed by atoms with Gasteiger partial charge in [0, 0.05) is 24.5 Å². The van der Waals surface area contributed by atoms with Gasteiger partial charge in [0.05, 0.1) is 22.5 Å². The van der Waals surface area contributed by atoms with Crippen LogP contribution < -0.4 is 9.62 Å². The van der Waals surface area contributed by atoms with Crippen LogP contribution in [0.5, 0.6) is 0 Å². The molecule has 0 aliphatic carbocycles. The second kappa shape index (κ2) is 13.0. The van der Waals surface area contributed by atoms with Gasteiger partial charge in [0.2, 0.25) is 21.8 Å². The standard InChI is InChI=1S/C27H26BrClF3N3O4S/c1-33-26(37)24(14-18-7-4-3-5-8-18)34(16-19-9-6-10-21(28)13-19)25(36)17-35(40(2,38)39)23-15-20(27(30,31)32)11-12-22(23)29/h3-13,15,24H,14,16-17H2,1-2H3,(H,33,37)/t24-/m0/s1. The molecule has 0 heterocycles. The second-order valence-corrected chi connectivity index (χ2v) is 12.1. The third-order valence-corrected chi connectivity index (χ3v) is 7.92. The molecule has 3 rings (SSSR count). The number of carbonyl (C=O) groups excluding carboxylic acids is 2. The smallest absolute Gasteiger partial charge is 0.357 e. The SMILES string of the molecule is CNC(=O)[C@H](Cc1ccccc1)N(Cc1cccc(Br)c1)C(=O)CN(c1cc(C(F)(F)F)ccc1Cl)S(C)(=O)=O. The molecule has 0 radical (unpaired) electrons. The Kier molecular flexibility index (Phi) is 10.3. The Balaban J connectivity index is 2.09. The number of amides is 2. The Labute approximate surface area is 244 Å². The first kappa shape index (κ1) is 31.4. The van der Waals surface area contributed by atoms with Crippen LogP contribution >= 0.6 is 27.5 Å². The molecule has 0 unspecified atom stereocenters. The Hall–Kier alpha value is -3.09. The van der Waals surface area contributed by atoms with E-state index in [2.05, 4.69) is 21.2 Å². The number of nitrogens with zero attached hydrogens (tertiary/aromatic N) is 2. The summed E-state index contributed by atoms with van der Waals surface area (Å²) < 4.78 is 67.1. The molecule has 3 aromatic carbocycles. The number of hydrogen-bond acceptors (Lipinski definition) is 4. The van der Waals surface area contributed by atoms with Crippen molar-refractivity contribution < 1.29 is 31.2 Å². The zero-order valence-corrected chi connectivity index (χ0v) is 24.6. The van der Waals surface area contributed by atoms with Crippen molar-refractivity contribution in [1.82, 2.24) is 10.2 Å². The van der Waals surface area contributed by atoms with E-state index in [1.807, 2.05) is 0 Å². The van der Waals surface area contributed by atoms with Crippen molar-refractivity contribution in [2.24, 2.45) is 0 Å². The van der Waals surface area contributed by atoms with Crippen molar-refractivity contribution in [3.8, 4) is 0 Å². The summed E-state index contributed by atoms with van der Waals surface area (Å²) in [6.07, 6.45) is -3.92. The zero-order chi connectivity index (χ0) is 29.7. The van der Waals surface area contributed by atoms with E-state index in [0.717, 1.165) is 24.0 Å². The highest BCUT2D eigenvalue weighted by Gasteiger charge is 2.35. The summed E-state index contributed by atoms with van der Waals surface area (Å²) in [7, 11) is -2.89. The first-order valence-corrected chi connectivity index (χ1v) is 14.9. The van der Waals surface area contributed by atoms with Crippen molar-refractivity contribution >= 4 is 55.1 Å². The van der Waals surface area contributed by atoms with E-state index in [0.29, 0.717) is 20.4 Å². The average Bonchev–Trinajstić information content (AvgIpc) is 2.88. The van der Waals surface area contributed by atoms with Crippen LogP contribution in [0.4, 0.5) is 18.9 Å². The van der Waals surface area contributed by atoms with Crippen LogP contribution in [0.25, 0.3) is 0 Å². The van der Waals surface area contributed by atoms with Gasteiger partial charge in [-0.15, -0.1) is 0 Å². The van der Waals surface area contributed by atoms with Gasteiger partial charge in [-0.25, -0.2) is 8.42 Å². The lowest BCUT2D eigenvalue weighted by Gasteiger charge is -2.33. The molecular weight excluding hydrogens is 635 g/mol. The van der Waals surface area contributed by atoms with Gasteiger partial charge < -0.3 is 10.2 Å². The molecule has 1 N–H and O–H groups in total. The highest BCUT2D eigenvalue weighted by atomic mass is 79.9. The van der Waals surface area contributed by atoms with Gasteiger partial charge in [-0.3, -0.25) is 13.9 Å². The molecule has 0 fully saturated rings. The third-order valence-electron chi connectivity index (χ3n) is 5.98. The monoisotopic (exact) mass is 659 g/mol. The van der Waals surface area contributed by atoms with Crippen molar-refractivity contribution in [3.05, 3.63) is 99.0 Å². The molecular formula is C27H26BrClF3N3O4S. The van der Waals surface area contributed by atoms with E-state index in [9.17, 15) is 31.2 Å². The molecule has 0 bridgehead atoms. The minimum Gasteiger partial charge on any atom is -0.357 e. The number of sulfonamides is 1. The summed E-state index contributed by atoms with van der Waals surface area (Å²) in [5.41, 5.74) is -0.266. The van der Waals surface area contributed by atoms with Gasteiger partial charge in [0.15, 0.2) is 0 Å². The van der Waals surface area contributed by atoms with Crippen LogP contribution in [0.1, 0.15) is 16.7 Å². The maximum Gasteiger partial charge on any atom is 0.416 e. The molecule has 7 nitrogen and oxygen atoms in total. The van der Waals surface area contributed by atoms with Gasteiger partial charge in [0.1, 0.15) is 12.6 Å². The third kappa shape index (κ3) is 8.21. The maximum absolute atomic E-state index is 13.9. The summed E-state index contributed by atoms with van der Waals surface area (Å²) in [6, 6.07) is 17.0. The van der Waals surface area contributed by atoms with E-state index in [-0.39, 0.29) is 18.0 Å². The number of nitrogens with one attached hydrogen (secondary N) is 1. The lowest BCUT2D eigenvalue weighted by molar-refractivity contribution is -0.139. The van der Waals surface area contributed by atoms with E-state index in [4.69, 9.17) is 11.6 Å². The van der Waals surface area contributed by atoms with Crippen LogP contribution in [0, 0.1) is 0 Å². The Morgan fingerprint density at radius 2 is 1.65 bits per heavy atom. The summed E-state index contributed by atoms with van der Waals surface area (Å²) in [5, 5.41) is 2.25. The predicted octanol–water partition coefficient (Wildman–Crippen LogP) is 5.27. The molecule has 0 saturated carbocycles. The number of anilines is 1. The molecule has 2 amide bonds. The van der Waals surface area contributed by atoms with Crippen molar-refractivity contribution in [2.75, 3.05) is 24.2 Å². The number of benzene rings is 3. The van der Waals surface area contributed by atoms with Crippen molar-refractivity contribution in [2.45, 2.75) is 25.2 Å². The highest BCUT2D eigenvalue weighted by Crippen LogP contribution is 2.36. The van der Waals surface area contributed by atoms with Crippen LogP contribution in [-0.4, -0.2) is 51.0 Å². The second-order valence-electron chi connectivity index (χ2n) is 8.90. The summed E-state index contributed by atoms with van der Waals surface area (Å²) in [4.78, 5) is 28.2. The molecule has 40 heavy (non-hydrogen) atoms. The van der Waals surface area contributed by atoms with E-state index >= 15 is 0 Å². The molecule has 0 aliphatic heterocycles. The largest absolute Gasteiger partial charge is 0.416 e. The van der Waals surface area contributed by atoms with Crippen LogP contribution in [-0.2, 0) is 38.8 Å². The molecule has 0 aromatic heterocycles. The lowest BCUT2D eigenvalue weighted by Crippen LogP contribution is -2.53. The quantitative estimate of drug-likeness (QED) is 0.321. The average molecular weight is 661 g/mol.